The van der Waals surface area contributed by atoms with Gasteiger partial charge in [-0.15, -0.1) is 11.8 Å². The Morgan fingerprint density at radius 3 is 2.20 bits per heavy atom. The standard InChI is InChI=1S/C15H11F3OS/c1-9(20-12-5-2-10(16)3-6-12)15(19)13-7-4-11(17)8-14(13)18/h2-9H,1H3. The second-order valence-electron chi connectivity index (χ2n) is 4.20. The number of Topliss-reactive ketones (excluding diaryl/α,β-unsaturated/α-hetero) is 1. The summed E-state index contributed by atoms with van der Waals surface area (Å²) in [7, 11) is 0. The van der Waals surface area contributed by atoms with Crippen molar-refractivity contribution in [3.05, 3.63) is 65.5 Å². The van der Waals surface area contributed by atoms with Gasteiger partial charge in [-0.3, -0.25) is 4.79 Å². The number of thioether (sulfide) groups is 1. The minimum absolute atomic E-state index is 0.145. The van der Waals surface area contributed by atoms with Gasteiger partial charge in [-0.2, -0.15) is 0 Å². The lowest BCUT2D eigenvalue weighted by molar-refractivity contribution is 0.0990. The van der Waals surface area contributed by atoms with E-state index in [4.69, 9.17) is 0 Å². The van der Waals surface area contributed by atoms with Crippen molar-refractivity contribution in [3.8, 4) is 0 Å². The second kappa shape index (κ2) is 6.13. The molecule has 2 rings (SSSR count). The van der Waals surface area contributed by atoms with Crippen molar-refractivity contribution < 1.29 is 18.0 Å². The van der Waals surface area contributed by atoms with Gasteiger partial charge in [0.1, 0.15) is 17.5 Å². The van der Waals surface area contributed by atoms with E-state index >= 15 is 0 Å². The van der Waals surface area contributed by atoms with E-state index in [9.17, 15) is 18.0 Å². The van der Waals surface area contributed by atoms with Crippen molar-refractivity contribution in [2.24, 2.45) is 0 Å². The Bertz CT molecular complexity index is 626. The Morgan fingerprint density at radius 2 is 1.60 bits per heavy atom. The van der Waals surface area contributed by atoms with Gasteiger partial charge in [-0.05, 0) is 43.3 Å². The van der Waals surface area contributed by atoms with E-state index in [1.54, 1.807) is 19.1 Å². The van der Waals surface area contributed by atoms with Crippen LogP contribution in [0.5, 0.6) is 0 Å². The van der Waals surface area contributed by atoms with E-state index in [2.05, 4.69) is 0 Å². The molecule has 1 atom stereocenters. The average Bonchev–Trinajstić information content (AvgIpc) is 2.40. The Morgan fingerprint density at radius 1 is 1.00 bits per heavy atom. The number of hydrogen-bond donors (Lipinski definition) is 0. The molecule has 0 aliphatic heterocycles. The molecule has 1 nitrogen and oxygen atoms in total. The molecule has 0 fully saturated rings. The van der Waals surface area contributed by atoms with Crippen molar-refractivity contribution in [1.29, 1.82) is 0 Å². The third kappa shape index (κ3) is 3.42. The molecule has 2 aromatic rings. The molecule has 104 valence electrons. The monoisotopic (exact) mass is 296 g/mol. The van der Waals surface area contributed by atoms with Crippen LogP contribution in [0, 0.1) is 17.5 Å². The van der Waals surface area contributed by atoms with Crippen molar-refractivity contribution in [3.63, 3.8) is 0 Å². The van der Waals surface area contributed by atoms with Crippen molar-refractivity contribution in [2.75, 3.05) is 0 Å². The van der Waals surface area contributed by atoms with Crippen molar-refractivity contribution in [1.82, 2.24) is 0 Å². The van der Waals surface area contributed by atoms with Crippen LogP contribution < -0.4 is 0 Å². The summed E-state index contributed by atoms with van der Waals surface area (Å²) in [6.07, 6.45) is 0. The lowest BCUT2D eigenvalue weighted by Crippen LogP contribution is -2.15. The molecule has 0 spiro atoms. The third-order valence-electron chi connectivity index (χ3n) is 2.69. The first kappa shape index (κ1) is 14.7. The van der Waals surface area contributed by atoms with E-state index in [1.807, 2.05) is 0 Å². The fourth-order valence-electron chi connectivity index (χ4n) is 1.68. The Kier molecular flexibility index (Phi) is 4.49. The summed E-state index contributed by atoms with van der Waals surface area (Å²) in [5.74, 6) is -2.39. The first-order valence-corrected chi connectivity index (χ1v) is 6.77. The number of benzene rings is 2. The Hall–Kier alpha value is -1.75. The predicted octanol–water partition coefficient (Wildman–Crippen LogP) is 4.47. The molecule has 0 N–H and O–H groups in total. The van der Waals surface area contributed by atoms with Crippen LogP contribution in [0.4, 0.5) is 13.2 Å². The summed E-state index contributed by atoms with van der Waals surface area (Å²) in [5, 5.41) is -0.555. The van der Waals surface area contributed by atoms with Crippen molar-refractivity contribution in [2.45, 2.75) is 17.1 Å². The smallest absolute Gasteiger partial charge is 0.178 e. The maximum Gasteiger partial charge on any atom is 0.178 e. The molecule has 0 aromatic heterocycles. The summed E-state index contributed by atoms with van der Waals surface area (Å²) in [6, 6.07) is 8.54. The van der Waals surface area contributed by atoms with Gasteiger partial charge in [0, 0.05) is 11.0 Å². The van der Waals surface area contributed by atoms with Gasteiger partial charge in [-0.1, -0.05) is 0 Å². The lowest BCUT2D eigenvalue weighted by Gasteiger charge is -2.11. The molecular weight excluding hydrogens is 285 g/mol. The summed E-state index contributed by atoms with van der Waals surface area (Å²) in [5.41, 5.74) is -0.145. The zero-order valence-corrected chi connectivity index (χ0v) is 11.4. The summed E-state index contributed by atoms with van der Waals surface area (Å²) < 4.78 is 39.1. The zero-order valence-electron chi connectivity index (χ0n) is 10.6. The molecule has 0 aliphatic carbocycles. The van der Waals surface area contributed by atoms with E-state index < -0.39 is 22.7 Å². The molecule has 0 aliphatic rings. The number of rotatable bonds is 4. The number of hydrogen-bond acceptors (Lipinski definition) is 2. The van der Waals surface area contributed by atoms with Crippen LogP contribution in [0.3, 0.4) is 0 Å². The van der Waals surface area contributed by atoms with Gasteiger partial charge in [0.05, 0.1) is 10.8 Å². The van der Waals surface area contributed by atoms with Gasteiger partial charge in [0.15, 0.2) is 5.78 Å². The van der Waals surface area contributed by atoms with Gasteiger partial charge < -0.3 is 0 Å². The number of carbonyl (C=O) groups is 1. The summed E-state index contributed by atoms with van der Waals surface area (Å²) in [6.45, 7) is 1.62. The largest absolute Gasteiger partial charge is 0.293 e. The highest BCUT2D eigenvalue weighted by molar-refractivity contribution is 8.00. The van der Waals surface area contributed by atoms with E-state index in [0.29, 0.717) is 11.0 Å². The fourth-order valence-corrected chi connectivity index (χ4v) is 2.61. The molecule has 1 unspecified atom stereocenters. The van der Waals surface area contributed by atoms with Crippen LogP contribution >= 0.6 is 11.8 Å². The molecule has 0 heterocycles. The number of halogens is 3. The highest BCUT2D eigenvalue weighted by atomic mass is 32.2. The first-order valence-electron chi connectivity index (χ1n) is 5.89. The van der Waals surface area contributed by atoms with Gasteiger partial charge in [-0.25, -0.2) is 13.2 Å². The van der Waals surface area contributed by atoms with E-state index in [0.717, 1.165) is 12.1 Å². The predicted molar refractivity (Wildman–Crippen MR) is 72.4 cm³/mol. The quantitative estimate of drug-likeness (QED) is 0.612. The van der Waals surface area contributed by atoms with Crippen LogP contribution in [0.1, 0.15) is 17.3 Å². The van der Waals surface area contributed by atoms with E-state index in [-0.39, 0.29) is 11.4 Å². The molecule has 0 amide bonds. The zero-order chi connectivity index (χ0) is 14.7. The SMILES string of the molecule is CC(Sc1ccc(F)cc1)C(=O)c1ccc(F)cc1F. The third-order valence-corrected chi connectivity index (χ3v) is 3.80. The Balaban J connectivity index is 2.14. The topological polar surface area (TPSA) is 17.1 Å². The first-order chi connectivity index (χ1) is 9.47. The maximum atomic E-state index is 13.5. The second-order valence-corrected chi connectivity index (χ2v) is 5.62. The van der Waals surface area contributed by atoms with Crippen LogP contribution in [0.15, 0.2) is 47.4 Å². The molecule has 0 bridgehead atoms. The highest BCUT2D eigenvalue weighted by Crippen LogP contribution is 2.26. The van der Waals surface area contributed by atoms with Gasteiger partial charge in [0.2, 0.25) is 0 Å². The average molecular weight is 296 g/mol. The fraction of sp³-hybridized carbons (Fsp3) is 0.133. The van der Waals surface area contributed by atoms with Crippen LogP contribution in [0.2, 0.25) is 0 Å². The molecule has 20 heavy (non-hydrogen) atoms. The lowest BCUT2D eigenvalue weighted by atomic mass is 10.1. The normalized spacial score (nSPS) is 12.2. The molecule has 2 aromatic carbocycles. The number of ketones is 1. The van der Waals surface area contributed by atoms with Gasteiger partial charge >= 0.3 is 0 Å². The van der Waals surface area contributed by atoms with Crippen LogP contribution in [0.25, 0.3) is 0 Å². The van der Waals surface area contributed by atoms with Crippen molar-refractivity contribution >= 4 is 17.5 Å². The number of carbonyl (C=O) groups excluding carboxylic acids is 1. The molecule has 0 saturated carbocycles. The minimum Gasteiger partial charge on any atom is -0.293 e. The van der Waals surface area contributed by atoms with Crippen LogP contribution in [-0.2, 0) is 0 Å². The molecule has 0 saturated heterocycles. The molecular formula is C15H11F3OS. The van der Waals surface area contributed by atoms with Gasteiger partial charge in [0.25, 0.3) is 0 Å². The molecule has 0 radical (unpaired) electrons. The highest BCUT2D eigenvalue weighted by Gasteiger charge is 2.20. The minimum atomic E-state index is -0.874. The molecule has 5 heteroatoms. The Labute approximate surface area is 118 Å². The van der Waals surface area contributed by atoms with Crippen LogP contribution in [-0.4, -0.2) is 11.0 Å². The maximum absolute atomic E-state index is 13.5. The summed E-state index contributed by atoms with van der Waals surface area (Å²) in [4.78, 5) is 12.8. The van der Waals surface area contributed by atoms with E-state index in [1.165, 1.54) is 23.9 Å². The summed E-state index contributed by atoms with van der Waals surface area (Å²) >= 11 is 1.19.